The number of hydrogen-bond donors (Lipinski definition) is 1. The topological polar surface area (TPSA) is 54.9 Å². The van der Waals surface area contributed by atoms with E-state index in [1.165, 1.54) is 35.2 Å². The van der Waals surface area contributed by atoms with E-state index in [0.717, 1.165) is 37.2 Å². The lowest BCUT2D eigenvalue weighted by Crippen LogP contribution is -2.26. The molecule has 0 aliphatic heterocycles. The third-order valence-corrected chi connectivity index (χ3v) is 5.57. The molecule has 130 valence electrons. The number of fused-ring (bicyclic) bond motifs is 2. The SMILES string of the molecule is Cc1nc(CNC(=O)CC2CCc3ccccc32)nc2c1CCCC2. The van der Waals surface area contributed by atoms with E-state index in [4.69, 9.17) is 0 Å². The Morgan fingerprint density at radius 3 is 2.92 bits per heavy atom. The molecule has 1 heterocycles. The van der Waals surface area contributed by atoms with Gasteiger partial charge in [-0.15, -0.1) is 0 Å². The highest BCUT2D eigenvalue weighted by atomic mass is 16.1. The summed E-state index contributed by atoms with van der Waals surface area (Å²) in [5, 5.41) is 3.03. The van der Waals surface area contributed by atoms with Crippen LogP contribution in [0.5, 0.6) is 0 Å². The molecule has 1 amide bonds. The van der Waals surface area contributed by atoms with Gasteiger partial charge in [0.25, 0.3) is 0 Å². The van der Waals surface area contributed by atoms with E-state index >= 15 is 0 Å². The lowest BCUT2D eigenvalue weighted by atomic mass is 9.95. The van der Waals surface area contributed by atoms with Gasteiger partial charge in [0.05, 0.1) is 6.54 Å². The monoisotopic (exact) mass is 335 g/mol. The minimum Gasteiger partial charge on any atom is -0.349 e. The zero-order valence-corrected chi connectivity index (χ0v) is 14.8. The summed E-state index contributed by atoms with van der Waals surface area (Å²) in [6.07, 6.45) is 7.28. The van der Waals surface area contributed by atoms with Gasteiger partial charge >= 0.3 is 0 Å². The van der Waals surface area contributed by atoms with E-state index in [1.54, 1.807) is 0 Å². The van der Waals surface area contributed by atoms with Gasteiger partial charge in [0, 0.05) is 17.8 Å². The Labute approximate surface area is 149 Å². The molecule has 1 unspecified atom stereocenters. The molecule has 2 aliphatic carbocycles. The summed E-state index contributed by atoms with van der Waals surface area (Å²) < 4.78 is 0. The van der Waals surface area contributed by atoms with E-state index in [9.17, 15) is 4.79 Å². The normalized spacial score (nSPS) is 18.5. The first kappa shape index (κ1) is 16.2. The van der Waals surface area contributed by atoms with Crippen LogP contribution in [0.1, 0.15) is 65.5 Å². The summed E-state index contributed by atoms with van der Waals surface area (Å²) in [5.41, 5.74) is 6.34. The summed E-state index contributed by atoms with van der Waals surface area (Å²) in [7, 11) is 0. The van der Waals surface area contributed by atoms with Crippen LogP contribution in [0.3, 0.4) is 0 Å². The van der Waals surface area contributed by atoms with Gasteiger partial charge in [0.1, 0.15) is 5.82 Å². The average Bonchev–Trinajstić information content (AvgIpc) is 3.03. The Hall–Kier alpha value is -2.23. The maximum absolute atomic E-state index is 12.4. The van der Waals surface area contributed by atoms with Crippen molar-refractivity contribution in [3.8, 4) is 0 Å². The third kappa shape index (κ3) is 3.44. The van der Waals surface area contributed by atoms with Crippen LogP contribution < -0.4 is 5.32 Å². The van der Waals surface area contributed by atoms with Gasteiger partial charge in [-0.1, -0.05) is 24.3 Å². The van der Waals surface area contributed by atoms with E-state index < -0.39 is 0 Å². The van der Waals surface area contributed by atoms with Crippen LogP contribution in [-0.4, -0.2) is 15.9 Å². The van der Waals surface area contributed by atoms with Gasteiger partial charge in [-0.2, -0.15) is 0 Å². The van der Waals surface area contributed by atoms with Crippen molar-refractivity contribution in [2.24, 2.45) is 0 Å². The van der Waals surface area contributed by atoms with Crippen molar-refractivity contribution in [2.75, 3.05) is 0 Å². The van der Waals surface area contributed by atoms with Gasteiger partial charge in [-0.3, -0.25) is 4.79 Å². The predicted octanol–water partition coefficient (Wildman–Crippen LogP) is 3.40. The van der Waals surface area contributed by atoms with Gasteiger partial charge in [0.2, 0.25) is 5.91 Å². The molecule has 2 aromatic rings. The first-order chi connectivity index (χ1) is 12.2. The number of aromatic nitrogens is 2. The summed E-state index contributed by atoms with van der Waals surface area (Å²) >= 11 is 0. The summed E-state index contributed by atoms with van der Waals surface area (Å²) in [5.74, 6) is 1.20. The molecule has 2 aliphatic rings. The lowest BCUT2D eigenvalue weighted by molar-refractivity contribution is -0.121. The zero-order chi connectivity index (χ0) is 17.2. The molecule has 4 nitrogen and oxygen atoms in total. The Kier molecular flexibility index (Phi) is 4.51. The fourth-order valence-electron chi connectivity index (χ4n) is 4.25. The first-order valence-electron chi connectivity index (χ1n) is 9.40. The second-order valence-electron chi connectivity index (χ2n) is 7.27. The average molecular weight is 335 g/mol. The molecule has 1 aromatic carbocycles. The van der Waals surface area contributed by atoms with Crippen LogP contribution in [-0.2, 0) is 30.6 Å². The van der Waals surface area contributed by atoms with E-state index in [-0.39, 0.29) is 5.91 Å². The number of carbonyl (C=O) groups is 1. The highest BCUT2D eigenvalue weighted by Crippen LogP contribution is 2.35. The van der Waals surface area contributed by atoms with E-state index in [2.05, 4.69) is 46.5 Å². The Balaban J connectivity index is 1.37. The summed E-state index contributed by atoms with van der Waals surface area (Å²) in [6, 6.07) is 8.49. The van der Waals surface area contributed by atoms with Crippen LogP contribution in [0, 0.1) is 6.92 Å². The van der Waals surface area contributed by atoms with Crippen molar-refractivity contribution >= 4 is 5.91 Å². The largest absolute Gasteiger partial charge is 0.349 e. The molecule has 0 saturated heterocycles. The van der Waals surface area contributed by atoms with Crippen molar-refractivity contribution < 1.29 is 4.79 Å². The fraction of sp³-hybridized carbons (Fsp3) is 0.476. The van der Waals surface area contributed by atoms with Gasteiger partial charge in [-0.25, -0.2) is 9.97 Å². The molecule has 0 spiro atoms. The van der Waals surface area contributed by atoms with Crippen LogP contribution in [0.2, 0.25) is 0 Å². The van der Waals surface area contributed by atoms with Gasteiger partial charge < -0.3 is 5.32 Å². The number of rotatable bonds is 4. The Morgan fingerprint density at radius 1 is 1.16 bits per heavy atom. The molecule has 0 saturated carbocycles. The van der Waals surface area contributed by atoms with E-state index in [0.29, 0.717) is 18.9 Å². The summed E-state index contributed by atoms with van der Waals surface area (Å²) in [6.45, 7) is 2.49. The number of benzene rings is 1. The third-order valence-electron chi connectivity index (χ3n) is 5.57. The molecule has 0 fully saturated rings. The first-order valence-corrected chi connectivity index (χ1v) is 9.40. The minimum atomic E-state index is 0.0978. The molecule has 1 N–H and O–H groups in total. The zero-order valence-electron chi connectivity index (χ0n) is 14.8. The van der Waals surface area contributed by atoms with Crippen molar-refractivity contribution in [3.63, 3.8) is 0 Å². The van der Waals surface area contributed by atoms with Crippen molar-refractivity contribution in [3.05, 3.63) is 58.2 Å². The van der Waals surface area contributed by atoms with Gasteiger partial charge in [-0.05, 0) is 68.1 Å². The number of nitrogens with zero attached hydrogens (tertiary/aromatic N) is 2. The standard InChI is InChI=1S/C21H25N3O/c1-14-17-7-4-5-9-19(17)24-20(23-14)13-22-21(25)12-16-11-10-15-6-2-3-8-18(15)16/h2-3,6,8,16H,4-5,7,9-13H2,1H3,(H,22,25). The highest BCUT2D eigenvalue weighted by molar-refractivity contribution is 5.77. The molecule has 0 radical (unpaired) electrons. The van der Waals surface area contributed by atoms with Crippen LogP contribution >= 0.6 is 0 Å². The fourth-order valence-corrected chi connectivity index (χ4v) is 4.25. The Bertz CT molecular complexity index is 800. The molecular weight excluding hydrogens is 310 g/mol. The smallest absolute Gasteiger partial charge is 0.220 e. The second kappa shape index (κ2) is 6.95. The maximum atomic E-state index is 12.4. The number of carbonyl (C=O) groups excluding carboxylic acids is 1. The highest BCUT2D eigenvalue weighted by Gasteiger charge is 2.24. The molecular formula is C21H25N3O. The van der Waals surface area contributed by atoms with Gasteiger partial charge in [0.15, 0.2) is 0 Å². The molecule has 1 atom stereocenters. The second-order valence-corrected chi connectivity index (χ2v) is 7.27. The van der Waals surface area contributed by atoms with Crippen molar-refractivity contribution in [2.45, 2.75) is 64.3 Å². The number of amides is 1. The van der Waals surface area contributed by atoms with Crippen LogP contribution in [0.15, 0.2) is 24.3 Å². The summed E-state index contributed by atoms with van der Waals surface area (Å²) in [4.78, 5) is 21.7. The quantitative estimate of drug-likeness (QED) is 0.932. The van der Waals surface area contributed by atoms with Crippen LogP contribution in [0.25, 0.3) is 0 Å². The lowest BCUT2D eigenvalue weighted by Gasteiger charge is -2.18. The molecule has 25 heavy (non-hydrogen) atoms. The minimum absolute atomic E-state index is 0.0978. The number of aryl methyl sites for hydroxylation is 3. The van der Waals surface area contributed by atoms with Crippen molar-refractivity contribution in [1.82, 2.24) is 15.3 Å². The van der Waals surface area contributed by atoms with E-state index in [1.807, 2.05) is 0 Å². The number of hydrogen-bond acceptors (Lipinski definition) is 3. The molecule has 0 bridgehead atoms. The van der Waals surface area contributed by atoms with Crippen molar-refractivity contribution in [1.29, 1.82) is 0 Å². The number of nitrogens with one attached hydrogen (secondary N) is 1. The molecule has 1 aromatic heterocycles. The molecule has 4 rings (SSSR count). The predicted molar refractivity (Wildman–Crippen MR) is 97.4 cm³/mol. The molecule has 4 heteroatoms. The maximum Gasteiger partial charge on any atom is 0.220 e. The van der Waals surface area contributed by atoms with Crippen LogP contribution in [0.4, 0.5) is 0 Å². The Morgan fingerprint density at radius 2 is 2.00 bits per heavy atom.